The van der Waals surface area contributed by atoms with Crippen LogP contribution in [0.1, 0.15) is 26.7 Å². The van der Waals surface area contributed by atoms with Gasteiger partial charge in [-0.2, -0.15) is 0 Å². The summed E-state index contributed by atoms with van der Waals surface area (Å²) in [6.07, 6.45) is 2.85. The van der Waals surface area contributed by atoms with Gasteiger partial charge in [-0.05, 0) is 37.1 Å². The molecule has 1 fully saturated rings. The lowest BCUT2D eigenvalue weighted by Crippen LogP contribution is -2.36. The molecule has 4 heterocycles. The number of anilines is 1. The monoisotopic (exact) mass is 391 g/mol. The molecule has 150 valence electrons. The number of aromatic amines is 1. The highest BCUT2D eigenvalue weighted by atomic mass is 16.3. The smallest absolute Gasteiger partial charge is 0.280 e. The number of benzene rings is 1. The second-order valence-electron chi connectivity index (χ2n) is 6.89. The van der Waals surface area contributed by atoms with E-state index in [4.69, 9.17) is 4.98 Å². The Hall–Kier alpha value is -3.19. The number of aliphatic hydroxyl groups is 1. The summed E-state index contributed by atoms with van der Waals surface area (Å²) in [5.74, 6) is 0.844. The third-order valence-corrected chi connectivity index (χ3v) is 5.16. The Labute approximate surface area is 168 Å². The van der Waals surface area contributed by atoms with E-state index in [1.54, 1.807) is 6.20 Å². The molecule has 0 aliphatic carbocycles. The molecule has 29 heavy (non-hydrogen) atoms. The molecule has 3 aromatic heterocycles. The molecule has 0 bridgehead atoms. The number of pyridine rings is 2. The molecule has 5 rings (SSSR count). The fourth-order valence-corrected chi connectivity index (χ4v) is 3.64. The minimum atomic E-state index is -0.230. The summed E-state index contributed by atoms with van der Waals surface area (Å²) in [6, 6.07) is 13.3. The van der Waals surface area contributed by atoms with Crippen LogP contribution in [0, 0.1) is 0 Å². The van der Waals surface area contributed by atoms with Crippen molar-refractivity contribution in [2.24, 2.45) is 0 Å². The van der Waals surface area contributed by atoms with Crippen LogP contribution >= 0.6 is 0 Å². The fourth-order valence-electron chi connectivity index (χ4n) is 3.64. The zero-order valence-electron chi connectivity index (χ0n) is 16.7. The molecule has 7 nitrogen and oxygen atoms in total. The Kier molecular flexibility index (Phi) is 5.31. The van der Waals surface area contributed by atoms with E-state index in [-0.39, 0.29) is 11.7 Å². The van der Waals surface area contributed by atoms with Gasteiger partial charge in [0.25, 0.3) is 5.56 Å². The quantitative estimate of drug-likeness (QED) is 0.548. The lowest BCUT2D eigenvalue weighted by molar-refractivity contribution is 0.145. The molecule has 0 amide bonds. The van der Waals surface area contributed by atoms with Gasteiger partial charge in [-0.15, -0.1) is 0 Å². The van der Waals surface area contributed by atoms with Crippen molar-refractivity contribution in [3.8, 4) is 5.69 Å². The molecule has 7 heteroatoms. The van der Waals surface area contributed by atoms with Gasteiger partial charge in [-0.25, -0.2) is 9.67 Å². The number of fused-ring (bicyclic) bond motifs is 3. The molecule has 1 aliphatic rings. The van der Waals surface area contributed by atoms with Gasteiger partial charge in [-0.1, -0.05) is 32.0 Å². The van der Waals surface area contributed by atoms with E-state index >= 15 is 0 Å². The normalized spacial score (nSPS) is 14.8. The summed E-state index contributed by atoms with van der Waals surface area (Å²) >= 11 is 0. The summed E-state index contributed by atoms with van der Waals surface area (Å²) < 4.78 is 1.53. The van der Waals surface area contributed by atoms with Gasteiger partial charge in [0.2, 0.25) is 0 Å². The van der Waals surface area contributed by atoms with Crippen LogP contribution in [0.25, 0.3) is 27.6 Å². The molecule has 0 radical (unpaired) electrons. The predicted molar refractivity (Wildman–Crippen MR) is 116 cm³/mol. The van der Waals surface area contributed by atoms with E-state index in [1.807, 2.05) is 56.3 Å². The second-order valence-corrected chi connectivity index (χ2v) is 6.89. The molecule has 4 aromatic rings. The summed E-state index contributed by atoms with van der Waals surface area (Å²) in [6.45, 7) is 5.54. The van der Waals surface area contributed by atoms with Crippen molar-refractivity contribution in [3.05, 3.63) is 59.0 Å². The Morgan fingerprint density at radius 3 is 2.52 bits per heavy atom. The molecule has 0 unspecified atom stereocenters. The zero-order valence-corrected chi connectivity index (χ0v) is 16.7. The zero-order chi connectivity index (χ0) is 20.4. The number of rotatable bonds is 2. The average Bonchev–Trinajstić information content (AvgIpc) is 3.13. The number of nitrogens with zero attached hydrogens (tertiary/aromatic N) is 4. The van der Waals surface area contributed by atoms with Crippen LogP contribution in [0.4, 0.5) is 5.82 Å². The standard InChI is InChI=1S/C20H19N5O2.C2H6/c26-14-8-10-24(11-9-14)17-7-6-16-19(22-17)18-15(12-21-16)20(27)25(23-18)13-4-2-1-3-5-13;1-2/h1-7,12,14,23,26H,8-11H2;1-2H3. The molecule has 1 aromatic carbocycles. The van der Waals surface area contributed by atoms with E-state index in [9.17, 15) is 9.90 Å². The number of piperidine rings is 1. The maximum absolute atomic E-state index is 12.8. The van der Waals surface area contributed by atoms with E-state index in [0.717, 1.165) is 43.0 Å². The number of hydrogen-bond acceptors (Lipinski definition) is 5. The Balaban J connectivity index is 0.000000994. The van der Waals surface area contributed by atoms with Crippen LogP contribution in [0.3, 0.4) is 0 Å². The maximum atomic E-state index is 12.8. The van der Waals surface area contributed by atoms with Crippen LogP contribution in [0.15, 0.2) is 53.5 Å². The van der Waals surface area contributed by atoms with Crippen molar-refractivity contribution in [2.45, 2.75) is 32.8 Å². The third kappa shape index (κ3) is 3.49. The van der Waals surface area contributed by atoms with Gasteiger partial charge in [0.05, 0.1) is 28.2 Å². The van der Waals surface area contributed by atoms with Crippen LogP contribution in [0.5, 0.6) is 0 Å². The maximum Gasteiger partial charge on any atom is 0.280 e. The van der Waals surface area contributed by atoms with E-state index in [2.05, 4.69) is 15.0 Å². The van der Waals surface area contributed by atoms with Gasteiger partial charge in [0.1, 0.15) is 11.3 Å². The number of hydrogen-bond donors (Lipinski definition) is 2. The molecule has 0 spiro atoms. The first-order valence-corrected chi connectivity index (χ1v) is 10.1. The lowest BCUT2D eigenvalue weighted by atomic mass is 10.1. The average molecular weight is 391 g/mol. The first-order chi connectivity index (χ1) is 14.2. The molecular formula is C22H25N5O2. The highest BCUT2D eigenvalue weighted by Gasteiger charge is 2.19. The summed E-state index contributed by atoms with van der Waals surface area (Å²) in [5, 5.41) is 13.5. The summed E-state index contributed by atoms with van der Waals surface area (Å²) in [5.41, 5.74) is 2.74. The predicted octanol–water partition coefficient (Wildman–Crippen LogP) is 3.25. The SMILES string of the molecule is CC.O=c1c2cnc3ccc(N4CCC(O)CC4)nc3c2[nH]n1-c1ccccc1. The Morgan fingerprint density at radius 1 is 1.07 bits per heavy atom. The lowest BCUT2D eigenvalue weighted by Gasteiger charge is -2.30. The van der Waals surface area contributed by atoms with E-state index in [1.165, 1.54) is 4.68 Å². The van der Waals surface area contributed by atoms with Crippen molar-refractivity contribution < 1.29 is 5.11 Å². The topological polar surface area (TPSA) is 87.0 Å². The van der Waals surface area contributed by atoms with Crippen molar-refractivity contribution in [1.29, 1.82) is 0 Å². The number of nitrogens with one attached hydrogen (secondary N) is 1. The molecule has 0 atom stereocenters. The number of H-pyrrole nitrogens is 1. The molecule has 0 saturated carbocycles. The highest BCUT2D eigenvalue weighted by Crippen LogP contribution is 2.24. The molecule has 2 N–H and O–H groups in total. The van der Waals surface area contributed by atoms with Gasteiger partial charge in [-0.3, -0.25) is 14.9 Å². The van der Waals surface area contributed by atoms with Crippen LogP contribution in [0.2, 0.25) is 0 Å². The molecule has 1 aliphatic heterocycles. The van der Waals surface area contributed by atoms with E-state index < -0.39 is 0 Å². The van der Waals surface area contributed by atoms with Crippen molar-refractivity contribution in [1.82, 2.24) is 19.7 Å². The van der Waals surface area contributed by atoms with E-state index in [0.29, 0.717) is 16.4 Å². The van der Waals surface area contributed by atoms with Crippen LogP contribution in [-0.4, -0.2) is 44.0 Å². The fraction of sp³-hybridized carbons (Fsp3) is 0.318. The van der Waals surface area contributed by atoms with Gasteiger partial charge in [0.15, 0.2) is 0 Å². The first-order valence-electron chi connectivity index (χ1n) is 10.1. The van der Waals surface area contributed by atoms with Crippen molar-refractivity contribution in [2.75, 3.05) is 18.0 Å². The van der Waals surface area contributed by atoms with Crippen molar-refractivity contribution >= 4 is 27.8 Å². The number of aliphatic hydroxyl groups excluding tert-OH is 1. The van der Waals surface area contributed by atoms with Crippen LogP contribution < -0.4 is 10.5 Å². The van der Waals surface area contributed by atoms with Crippen molar-refractivity contribution in [3.63, 3.8) is 0 Å². The van der Waals surface area contributed by atoms with Gasteiger partial charge < -0.3 is 10.0 Å². The highest BCUT2D eigenvalue weighted by molar-refractivity contribution is 6.00. The molecular weight excluding hydrogens is 366 g/mol. The first kappa shape index (κ1) is 19.1. The Morgan fingerprint density at radius 2 is 1.79 bits per heavy atom. The van der Waals surface area contributed by atoms with Gasteiger partial charge >= 0.3 is 0 Å². The van der Waals surface area contributed by atoms with Gasteiger partial charge in [0, 0.05) is 19.3 Å². The number of aromatic nitrogens is 4. The number of para-hydroxylation sites is 1. The largest absolute Gasteiger partial charge is 0.393 e. The van der Waals surface area contributed by atoms with Crippen LogP contribution in [-0.2, 0) is 0 Å². The minimum absolute atomic E-state index is 0.140. The minimum Gasteiger partial charge on any atom is -0.393 e. The summed E-state index contributed by atoms with van der Waals surface area (Å²) in [7, 11) is 0. The molecule has 1 saturated heterocycles. The summed E-state index contributed by atoms with van der Waals surface area (Å²) in [4.78, 5) is 24.2. The Bertz CT molecular complexity index is 1170. The third-order valence-electron chi connectivity index (χ3n) is 5.16. The second kappa shape index (κ2) is 8.05.